The van der Waals surface area contributed by atoms with Crippen LogP contribution in [0.4, 0.5) is 11.6 Å². The summed E-state index contributed by atoms with van der Waals surface area (Å²) in [5, 5.41) is 6.07. The molecule has 0 saturated heterocycles. The lowest BCUT2D eigenvalue weighted by Gasteiger charge is -2.15. The minimum absolute atomic E-state index is 0.414. The van der Waals surface area contributed by atoms with Gasteiger partial charge in [-0.05, 0) is 29.3 Å². The molecule has 1 aliphatic heterocycles. The monoisotopic (exact) mass is 460 g/mol. The van der Waals surface area contributed by atoms with Crippen LogP contribution in [-0.2, 0) is 4.74 Å². The van der Waals surface area contributed by atoms with E-state index in [9.17, 15) is 0 Å². The molecule has 0 saturated carbocycles. The second-order valence-electron chi connectivity index (χ2n) is 7.58. The summed E-state index contributed by atoms with van der Waals surface area (Å²) in [6.45, 7) is 1.65. The van der Waals surface area contributed by atoms with Crippen LogP contribution in [-0.4, -0.2) is 67.1 Å². The zero-order valence-corrected chi connectivity index (χ0v) is 19.4. The van der Waals surface area contributed by atoms with E-state index in [1.165, 1.54) is 11.8 Å². The van der Waals surface area contributed by atoms with Crippen molar-refractivity contribution >= 4 is 39.9 Å². The Morgan fingerprint density at radius 2 is 2.18 bits per heavy atom. The number of fused-ring (bicyclic) bond motifs is 1. The Balaban J connectivity index is 1.69. The van der Waals surface area contributed by atoms with Crippen LogP contribution in [0, 0.1) is 0 Å². The summed E-state index contributed by atoms with van der Waals surface area (Å²) in [6.07, 6.45) is 8.63. The van der Waals surface area contributed by atoms with Crippen LogP contribution in [0.1, 0.15) is 11.3 Å². The van der Waals surface area contributed by atoms with Crippen molar-refractivity contribution in [1.82, 2.24) is 25.4 Å². The van der Waals surface area contributed by atoms with Gasteiger partial charge in [0.1, 0.15) is 17.9 Å². The number of anilines is 2. The predicted molar refractivity (Wildman–Crippen MR) is 135 cm³/mol. The van der Waals surface area contributed by atoms with Crippen LogP contribution < -0.4 is 21.2 Å². The Morgan fingerprint density at radius 3 is 2.91 bits per heavy atom. The fourth-order valence-corrected chi connectivity index (χ4v) is 3.56. The number of nitrogens with two attached hydrogens (primary N) is 1. The lowest BCUT2D eigenvalue weighted by Crippen LogP contribution is -2.23. The van der Waals surface area contributed by atoms with Crippen molar-refractivity contribution < 1.29 is 9.47 Å². The second-order valence-corrected chi connectivity index (χ2v) is 7.58. The first-order valence-electron chi connectivity index (χ1n) is 10.8. The summed E-state index contributed by atoms with van der Waals surface area (Å²) in [6, 6.07) is 7.86. The van der Waals surface area contributed by atoms with E-state index in [2.05, 4.69) is 31.9 Å². The fraction of sp³-hybridized carbons (Fsp3) is 0.250. The molecular formula is C24H28N8O2. The van der Waals surface area contributed by atoms with E-state index in [-0.39, 0.29) is 0 Å². The number of nitrogens with zero attached hydrogens (tertiary/aromatic N) is 5. The maximum absolute atomic E-state index is 6.02. The Bertz CT molecular complexity index is 1250. The third-order valence-corrected chi connectivity index (χ3v) is 5.23. The second kappa shape index (κ2) is 10.7. The standard InChI is InChI=1S/C24H28N8O2/c1-26-12-18(11-25)22-23-17(6-7-27-22)13-28-24(31-23)30-20-5-4-16(19-14-29-32(2)15-19)10-21(20)34-9-8-33-3/h4-7,10-13,15,29H,8-9,14,25H2,1-3H3,(H,28,30,31). The number of aliphatic imine (C=N–C) groups is 1. The van der Waals surface area contributed by atoms with Gasteiger partial charge in [-0.2, -0.15) is 0 Å². The molecule has 10 nitrogen and oxygen atoms in total. The van der Waals surface area contributed by atoms with E-state index in [0.29, 0.717) is 41.7 Å². The average molecular weight is 461 g/mol. The van der Waals surface area contributed by atoms with E-state index in [1.54, 1.807) is 32.8 Å². The highest BCUT2D eigenvalue weighted by Crippen LogP contribution is 2.32. The molecule has 0 radical (unpaired) electrons. The van der Waals surface area contributed by atoms with Crippen LogP contribution in [0.2, 0.25) is 0 Å². The van der Waals surface area contributed by atoms with Gasteiger partial charge in [0.2, 0.25) is 5.95 Å². The van der Waals surface area contributed by atoms with Crippen LogP contribution in [0.25, 0.3) is 22.0 Å². The topological polar surface area (TPSA) is 123 Å². The van der Waals surface area contributed by atoms with Gasteiger partial charge in [0.05, 0.1) is 18.0 Å². The summed E-state index contributed by atoms with van der Waals surface area (Å²) >= 11 is 0. The molecule has 0 amide bonds. The summed E-state index contributed by atoms with van der Waals surface area (Å²) in [7, 11) is 5.30. The number of benzene rings is 1. The molecular weight excluding hydrogens is 432 g/mol. The van der Waals surface area contributed by atoms with Crippen molar-refractivity contribution in [3.63, 3.8) is 0 Å². The number of hydrogen-bond donors (Lipinski definition) is 3. The van der Waals surface area contributed by atoms with Crippen molar-refractivity contribution in [3.05, 3.63) is 60.3 Å². The summed E-state index contributed by atoms with van der Waals surface area (Å²) in [5.74, 6) is 1.10. The smallest absolute Gasteiger partial charge is 0.227 e. The maximum Gasteiger partial charge on any atom is 0.227 e. The highest BCUT2D eigenvalue weighted by Gasteiger charge is 2.15. The zero-order valence-electron chi connectivity index (χ0n) is 19.4. The highest BCUT2D eigenvalue weighted by molar-refractivity contribution is 6.12. The van der Waals surface area contributed by atoms with Crippen LogP contribution in [0.5, 0.6) is 5.75 Å². The number of methoxy groups -OCH3 is 1. The molecule has 0 unspecified atom stereocenters. The van der Waals surface area contributed by atoms with E-state index in [1.807, 2.05) is 36.3 Å². The van der Waals surface area contributed by atoms with Gasteiger partial charge in [-0.1, -0.05) is 6.07 Å². The first-order valence-corrected chi connectivity index (χ1v) is 10.8. The van der Waals surface area contributed by atoms with E-state index in [0.717, 1.165) is 23.2 Å². The van der Waals surface area contributed by atoms with Gasteiger partial charge in [-0.15, -0.1) is 0 Å². The number of hydrazine groups is 1. The third-order valence-electron chi connectivity index (χ3n) is 5.23. The molecule has 2 aromatic heterocycles. The number of aromatic nitrogens is 3. The molecule has 3 aromatic rings. The maximum atomic E-state index is 6.02. The summed E-state index contributed by atoms with van der Waals surface area (Å²) in [4.78, 5) is 17.7. The van der Waals surface area contributed by atoms with Gasteiger partial charge in [0.25, 0.3) is 0 Å². The Hall–Kier alpha value is -4.02. The molecule has 0 aliphatic carbocycles. The number of nitrogens with one attached hydrogen (secondary N) is 2. The quantitative estimate of drug-likeness (QED) is 0.327. The zero-order chi connectivity index (χ0) is 23.9. The van der Waals surface area contributed by atoms with Crippen molar-refractivity contribution in [2.75, 3.05) is 46.3 Å². The molecule has 4 N–H and O–H groups in total. The number of allylic oxidation sites excluding steroid dienone is 1. The normalized spacial score (nSPS) is 14.1. The first-order chi connectivity index (χ1) is 16.6. The Kier molecular flexibility index (Phi) is 7.31. The largest absolute Gasteiger partial charge is 0.489 e. The van der Waals surface area contributed by atoms with Crippen molar-refractivity contribution in [3.8, 4) is 5.75 Å². The molecule has 0 spiro atoms. The lowest BCUT2D eigenvalue weighted by atomic mass is 10.1. The van der Waals surface area contributed by atoms with Crippen LogP contribution in [0.15, 0.2) is 54.1 Å². The number of pyridine rings is 1. The van der Waals surface area contributed by atoms with Gasteiger partial charge >= 0.3 is 0 Å². The molecule has 10 heteroatoms. The van der Waals surface area contributed by atoms with Gasteiger partial charge in [-0.25, -0.2) is 15.4 Å². The van der Waals surface area contributed by atoms with E-state index in [4.69, 9.17) is 20.2 Å². The predicted octanol–water partition coefficient (Wildman–Crippen LogP) is 2.58. The molecule has 1 aliphatic rings. The number of rotatable bonds is 9. The molecule has 34 heavy (non-hydrogen) atoms. The molecule has 0 bridgehead atoms. The van der Waals surface area contributed by atoms with Gasteiger partial charge < -0.3 is 25.5 Å². The lowest BCUT2D eigenvalue weighted by molar-refractivity contribution is 0.146. The van der Waals surface area contributed by atoms with Gasteiger partial charge in [0, 0.05) is 69.7 Å². The van der Waals surface area contributed by atoms with E-state index >= 15 is 0 Å². The van der Waals surface area contributed by atoms with E-state index < -0.39 is 0 Å². The Morgan fingerprint density at radius 1 is 1.29 bits per heavy atom. The average Bonchev–Trinajstić information content (AvgIpc) is 3.29. The minimum atomic E-state index is 0.414. The molecule has 0 atom stereocenters. The van der Waals surface area contributed by atoms with Crippen molar-refractivity contribution in [1.29, 1.82) is 0 Å². The molecule has 1 aromatic carbocycles. The summed E-state index contributed by atoms with van der Waals surface area (Å²) < 4.78 is 11.2. The molecule has 0 fully saturated rings. The first kappa shape index (κ1) is 23.1. The van der Waals surface area contributed by atoms with Crippen LogP contribution in [0.3, 0.4) is 0 Å². The number of ether oxygens (including phenoxy) is 2. The third kappa shape index (κ3) is 5.13. The van der Waals surface area contributed by atoms with Crippen molar-refractivity contribution in [2.45, 2.75) is 0 Å². The number of hydrogen-bond acceptors (Lipinski definition) is 10. The molecule has 3 heterocycles. The SMILES string of the molecule is CN=CC(=CN)c1nccc2cnc(Nc3ccc(C4=CN(C)NC4)cc3OCCOC)nc12. The molecule has 176 valence electrons. The minimum Gasteiger partial charge on any atom is -0.489 e. The highest BCUT2D eigenvalue weighted by atomic mass is 16.5. The molecule has 4 rings (SSSR count). The van der Waals surface area contributed by atoms with Gasteiger partial charge in [-0.3, -0.25) is 9.98 Å². The summed E-state index contributed by atoms with van der Waals surface area (Å²) in [5.41, 5.74) is 14.0. The van der Waals surface area contributed by atoms with Crippen molar-refractivity contribution in [2.24, 2.45) is 10.7 Å². The van der Waals surface area contributed by atoms with Gasteiger partial charge in [0.15, 0.2) is 0 Å². The van der Waals surface area contributed by atoms with Crippen LogP contribution >= 0.6 is 0 Å². The Labute approximate surface area is 198 Å². The fourth-order valence-electron chi connectivity index (χ4n) is 3.56.